The fourth-order valence-electron chi connectivity index (χ4n) is 7.68. The number of rotatable bonds is 7. The first-order valence-electron chi connectivity index (χ1n) is 15.0. The number of ether oxygens (including phenoxy) is 4. The molecule has 1 aromatic heterocycles. The van der Waals surface area contributed by atoms with E-state index in [4.69, 9.17) is 23.9 Å². The Morgan fingerprint density at radius 2 is 1.86 bits per heavy atom. The maximum absolute atomic E-state index is 15.7. The van der Waals surface area contributed by atoms with Crippen molar-refractivity contribution in [3.05, 3.63) is 16.1 Å². The maximum Gasteiger partial charge on any atom is 0.411 e. The molecule has 14 heteroatoms. The van der Waals surface area contributed by atoms with Crippen molar-refractivity contribution in [2.24, 2.45) is 0 Å². The average Bonchev–Trinajstić information content (AvgIpc) is 3.55. The zero-order valence-electron chi connectivity index (χ0n) is 25.7. The van der Waals surface area contributed by atoms with E-state index in [9.17, 15) is 9.18 Å². The summed E-state index contributed by atoms with van der Waals surface area (Å²) in [5.74, 6) is -1.83. The van der Waals surface area contributed by atoms with Crippen molar-refractivity contribution in [1.29, 1.82) is 0 Å². The Morgan fingerprint density at radius 3 is 2.57 bits per heavy atom. The molecule has 1 aromatic carbocycles. The molecule has 6 rings (SSSR count). The molecule has 242 valence electrons. The number of amides is 1. The van der Waals surface area contributed by atoms with Gasteiger partial charge in [-0.3, -0.25) is 9.80 Å². The molecule has 4 atom stereocenters. The summed E-state index contributed by atoms with van der Waals surface area (Å²) in [6, 6.07) is -0.372. The second-order valence-electron chi connectivity index (χ2n) is 13.5. The molecule has 2 bridgehead atoms. The number of hydrogen-bond donors (Lipinski definition) is 0. The van der Waals surface area contributed by atoms with Crippen molar-refractivity contribution in [1.82, 2.24) is 19.8 Å². The summed E-state index contributed by atoms with van der Waals surface area (Å²) in [6.45, 7) is 7.54. The van der Waals surface area contributed by atoms with Gasteiger partial charge in [-0.1, -0.05) is 0 Å². The Kier molecular flexibility index (Phi) is 8.09. The second kappa shape index (κ2) is 11.3. The lowest BCUT2D eigenvalue weighted by molar-refractivity contribution is -0.0261. The number of carbonyl (C=O) groups excluding carboxylic acids is 1. The van der Waals surface area contributed by atoms with Crippen LogP contribution in [0, 0.1) is 11.6 Å². The van der Waals surface area contributed by atoms with E-state index in [1.165, 1.54) is 7.11 Å². The van der Waals surface area contributed by atoms with Gasteiger partial charge in [0, 0.05) is 33.2 Å². The topological polar surface area (TPSA) is 89.5 Å². The molecular weight excluding hydrogens is 647 g/mol. The zero-order chi connectivity index (χ0) is 31.6. The smallest absolute Gasteiger partial charge is 0.411 e. The molecule has 0 aliphatic carbocycles. The monoisotopic (exact) mass is 685 g/mol. The predicted molar refractivity (Wildman–Crippen MR) is 160 cm³/mol. The minimum absolute atomic E-state index is 0.0566. The normalized spacial score (nSPS) is 28.6. The molecule has 4 fully saturated rings. The molecule has 4 saturated heterocycles. The molecule has 0 radical (unpaired) electrons. The molecule has 44 heavy (non-hydrogen) atoms. The van der Waals surface area contributed by atoms with Gasteiger partial charge < -0.3 is 23.8 Å². The first kappa shape index (κ1) is 31.4. The molecule has 10 nitrogen and oxygen atoms in total. The highest BCUT2D eigenvalue weighted by Crippen LogP contribution is 2.47. The minimum Gasteiger partial charge on any atom is -0.493 e. The molecule has 2 unspecified atom stereocenters. The summed E-state index contributed by atoms with van der Waals surface area (Å²) in [6.07, 6.45) is 2.00. The second-order valence-corrected chi connectivity index (χ2v) is 14.3. The van der Waals surface area contributed by atoms with Crippen molar-refractivity contribution in [2.45, 2.75) is 81.8 Å². The zero-order valence-corrected chi connectivity index (χ0v) is 27.3. The molecular formula is C30H39BrF3N5O5. The Hall–Kier alpha value is -2.58. The molecule has 5 heterocycles. The fourth-order valence-corrected chi connectivity index (χ4v) is 8.05. The van der Waals surface area contributed by atoms with Crippen LogP contribution >= 0.6 is 15.9 Å². The fraction of sp³-hybridized carbons (Fsp3) is 0.700. The van der Waals surface area contributed by atoms with Crippen molar-refractivity contribution < 1.29 is 36.9 Å². The third-order valence-corrected chi connectivity index (χ3v) is 10.1. The van der Waals surface area contributed by atoms with E-state index in [1.807, 2.05) is 25.7 Å². The number of piperazine rings is 1. The number of methoxy groups -OCH3 is 2. The number of nitrogens with zero attached hydrogens (tertiary/aromatic N) is 5. The largest absolute Gasteiger partial charge is 0.493 e. The highest BCUT2D eigenvalue weighted by atomic mass is 79.9. The van der Waals surface area contributed by atoms with Gasteiger partial charge in [0.05, 0.1) is 40.7 Å². The molecule has 0 spiro atoms. The molecule has 4 aliphatic heterocycles. The van der Waals surface area contributed by atoms with Crippen molar-refractivity contribution in [2.75, 3.05) is 58.5 Å². The van der Waals surface area contributed by atoms with Gasteiger partial charge in [-0.15, -0.1) is 0 Å². The predicted octanol–water partition coefficient (Wildman–Crippen LogP) is 5.24. The highest BCUT2D eigenvalue weighted by molar-refractivity contribution is 9.10. The first-order valence-corrected chi connectivity index (χ1v) is 15.8. The Morgan fingerprint density at radius 1 is 1.09 bits per heavy atom. The van der Waals surface area contributed by atoms with Gasteiger partial charge in [0.15, 0.2) is 17.4 Å². The lowest BCUT2D eigenvalue weighted by atomic mass is 9.95. The van der Waals surface area contributed by atoms with Gasteiger partial charge >= 0.3 is 12.1 Å². The highest BCUT2D eigenvalue weighted by Gasteiger charge is 2.55. The van der Waals surface area contributed by atoms with Gasteiger partial charge in [-0.25, -0.2) is 18.0 Å². The summed E-state index contributed by atoms with van der Waals surface area (Å²) in [5, 5.41) is 0.0566. The first-order chi connectivity index (χ1) is 20.8. The third-order valence-electron chi connectivity index (χ3n) is 9.36. The molecule has 4 aliphatic rings. The third kappa shape index (κ3) is 5.24. The van der Waals surface area contributed by atoms with Crippen molar-refractivity contribution in [3.63, 3.8) is 0 Å². The number of alkyl halides is 1. The summed E-state index contributed by atoms with van der Waals surface area (Å²) >= 11 is 3.01. The Labute approximate surface area is 263 Å². The van der Waals surface area contributed by atoms with Crippen LogP contribution in [0.3, 0.4) is 0 Å². The molecule has 1 amide bonds. The minimum atomic E-state index is -0.943. The van der Waals surface area contributed by atoms with Gasteiger partial charge in [0.25, 0.3) is 0 Å². The van der Waals surface area contributed by atoms with Crippen LogP contribution in [0.1, 0.15) is 52.9 Å². The van der Waals surface area contributed by atoms with E-state index in [2.05, 4.69) is 25.8 Å². The average molecular weight is 687 g/mol. The number of anilines is 1. The van der Waals surface area contributed by atoms with Crippen LogP contribution in [-0.4, -0.2) is 108 Å². The van der Waals surface area contributed by atoms with Crippen LogP contribution in [0.15, 0.2) is 4.47 Å². The van der Waals surface area contributed by atoms with E-state index < -0.39 is 45.1 Å². The van der Waals surface area contributed by atoms with Gasteiger partial charge in [-0.2, -0.15) is 9.97 Å². The van der Waals surface area contributed by atoms with E-state index in [0.717, 1.165) is 19.4 Å². The number of carbonyl (C=O) groups is 1. The van der Waals surface area contributed by atoms with Crippen molar-refractivity contribution in [3.8, 4) is 11.8 Å². The lowest BCUT2D eigenvalue weighted by Gasteiger charge is -2.49. The van der Waals surface area contributed by atoms with Gasteiger partial charge in [0.1, 0.15) is 29.7 Å². The van der Waals surface area contributed by atoms with Crippen LogP contribution in [0.4, 0.5) is 23.8 Å². The van der Waals surface area contributed by atoms with E-state index in [0.29, 0.717) is 32.4 Å². The lowest BCUT2D eigenvalue weighted by Crippen LogP contribution is -2.66. The quantitative estimate of drug-likeness (QED) is 0.363. The number of fused-ring (bicyclic) bond motifs is 4. The van der Waals surface area contributed by atoms with E-state index in [-0.39, 0.29) is 54.3 Å². The Bertz CT molecular complexity index is 1460. The van der Waals surface area contributed by atoms with Crippen LogP contribution < -0.4 is 14.4 Å². The van der Waals surface area contributed by atoms with Crippen LogP contribution in [0.25, 0.3) is 10.9 Å². The van der Waals surface area contributed by atoms with E-state index in [1.54, 1.807) is 12.0 Å². The standard InChI is InChI=1S/C30H39BrF3N5O5/c1-28(2,3)44-27(40)39-18-7-9-30(39,15-41-4)14-37(13-18)25-19-23(21(33)20(31)22(34)24(19)42-5)35-26(36-25)43-16-29-8-6-10-38(29)12-17(32)11-29/h17-18H,6-16H2,1-5H3/t17-,18?,29+,30?/m1/s1. The van der Waals surface area contributed by atoms with Gasteiger partial charge in [0.2, 0.25) is 0 Å². The van der Waals surface area contributed by atoms with Gasteiger partial charge in [-0.05, 0) is 68.9 Å². The van der Waals surface area contributed by atoms with Crippen LogP contribution in [0.5, 0.6) is 11.8 Å². The van der Waals surface area contributed by atoms with Crippen LogP contribution in [-0.2, 0) is 9.47 Å². The number of halogens is 4. The molecule has 0 N–H and O–H groups in total. The van der Waals surface area contributed by atoms with E-state index >= 15 is 8.78 Å². The summed E-state index contributed by atoms with van der Waals surface area (Å²) in [4.78, 5) is 28.3. The SMILES string of the molecule is COCC12CCC(CN(c3nc(OC[C@@]45CCCN4C[C@H](F)C5)nc4c(F)c(Br)c(F)c(OC)c34)C1)N2C(=O)OC(C)(C)C. The Balaban J connectivity index is 1.42. The van der Waals surface area contributed by atoms with Crippen molar-refractivity contribution >= 4 is 38.7 Å². The number of benzene rings is 1. The summed E-state index contributed by atoms with van der Waals surface area (Å²) in [7, 11) is 2.87. The molecule has 2 aromatic rings. The number of aromatic nitrogens is 2. The summed E-state index contributed by atoms with van der Waals surface area (Å²) in [5.41, 5.74) is -2.12. The molecule has 0 saturated carbocycles. The van der Waals surface area contributed by atoms with Crippen LogP contribution in [0.2, 0.25) is 0 Å². The maximum atomic E-state index is 15.7. The number of hydrogen-bond acceptors (Lipinski definition) is 9. The summed E-state index contributed by atoms with van der Waals surface area (Å²) < 4.78 is 68.2.